The van der Waals surface area contributed by atoms with Crippen LogP contribution in [0.1, 0.15) is 26.3 Å². The first-order valence-electron chi connectivity index (χ1n) is 5.63. The maximum absolute atomic E-state index is 6.25. The van der Waals surface area contributed by atoms with Gasteiger partial charge in [0.25, 0.3) is 0 Å². The Labute approximate surface area is 108 Å². The molecule has 0 aliphatic heterocycles. The summed E-state index contributed by atoms with van der Waals surface area (Å²) in [5.74, 6) is 0.774. The quantitative estimate of drug-likeness (QED) is 0.839. The Bertz CT molecular complexity index is 396. The molecule has 1 aromatic heterocycles. The van der Waals surface area contributed by atoms with Gasteiger partial charge in [0.05, 0.1) is 5.02 Å². The van der Waals surface area contributed by atoms with Crippen LogP contribution in [0.4, 0.5) is 5.82 Å². The van der Waals surface area contributed by atoms with E-state index in [1.807, 2.05) is 12.1 Å². The van der Waals surface area contributed by atoms with Crippen LogP contribution in [0, 0.1) is 0 Å². The molecule has 0 amide bonds. The van der Waals surface area contributed by atoms with Gasteiger partial charge in [-0.2, -0.15) is 0 Å². The minimum Gasteiger partial charge on any atom is -0.347 e. The number of aromatic nitrogens is 1. The summed E-state index contributed by atoms with van der Waals surface area (Å²) in [7, 11) is 0. The van der Waals surface area contributed by atoms with Crippen molar-refractivity contribution in [1.29, 1.82) is 0 Å². The van der Waals surface area contributed by atoms with Gasteiger partial charge in [-0.15, -0.1) is 6.58 Å². The molecule has 4 heteroatoms. The van der Waals surface area contributed by atoms with Crippen molar-refractivity contribution in [2.75, 3.05) is 11.4 Å². The number of halogens is 1. The van der Waals surface area contributed by atoms with Crippen LogP contribution in [-0.4, -0.2) is 17.1 Å². The largest absolute Gasteiger partial charge is 0.347 e. The Balaban J connectivity index is 3.15. The minimum absolute atomic E-state index is 0.0605. The van der Waals surface area contributed by atoms with Gasteiger partial charge in [-0.1, -0.05) is 17.7 Å². The molecule has 0 saturated carbocycles. The summed E-state index contributed by atoms with van der Waals surface area (Å²) in [5.41, 5.74) is 6.44. The van der Waals surface area contributed by atoms with Crippen LogP contribution in [0.2, 0.25) is 5.02 Å². The summed E-state index contributed by atoms with van der Waals surface area (Å²) in [5, 5.41) is 0.629. The second-order valence-corrected chi connectivity index (χ2v) is 5.33. The molecule has 0 atom stereocenters. The molecule has 17 heavy (non-hydrogen) atoms. The Morgan fingerprint density at radius 3 is 2.59 bits per heavy atom. The number of pyridine rings is 1. The van der Waals surface area contributed by atoms with Crippen LogP contribution in [0.5, 0.6) is 0 Å². The second kappa shape index (κ2) is 5.52. The summed E-state index contributed by atoms with van der Waals surface area (Å²) >= 11 is 6.25. The Kier molecular flexibility index (Phi) is 4.54. The molecule has 0 radical (unpaired) electrons. The fraction of sp³-hybridized carbons (Fsp3) is 0.462. The molecule has 0 saturated heterocycles. The van der Waals surface area contributed by atoms with Crippen molar-refractivity contribution < 1.29 is 0 Å². The molecule has 0 bridgehead atoms. The normalized spacial score (nSPS) is 11.4. The topological polar surface area (TPSA) is 42.2 Å². The summed E-state index contributed by atoms with van der Waals surface area (Å²) < 4.78 is 0. The lowest BCUT2D eigenvalue weighted by Crippen LogP contribution is -2.42. The zero-order valence-electron chi connectivity index (χ0n) is 10.7. The highest BCUT2D eigenvalue weighted by molar-refractivity contribution is 6.33. The second-order valence-electron chi connectivity index (χ2n) is 4.92. The van der Waals surface area contributed by atoms with Crippen molar-refractivity contribution in [2.45, 2.75) is 32.9 Å². The summed E-state index contributed by atoms with van der Waals surface area (Å²) in [6.45, 7) is 11.3. The number of rotatable bonds is 4. The highest BCUT2D eigenvalue weighted by Crippen LogP contribution is 2.29. The third-order valence-electron chi connectivity index (χ3n) is 2.49. The zero-order chi connectivity index (χ0) is 13.1. The SMILES string of the molecule is C=CCN(c1ncc(CN)cc1Cl)C(C)(C)C. The van der Waals surface area contributed by atoms with Crippen LogP contribution < -0.4 is 10.6 Å². The maximum atomic E-state index is 6.25. The molecule has 0 unspecified atom stereocenters. The smallest absolute Gasteiger partial charge is 0.148 e. The number of hydrogen-bond acceptors (Lipinski definition) is 3. The summed E-state index contributed by atoms with van der Waals surface area (Å²) in [6, 6.07) is 1.87. The van der Waals surface area contributed by atoms with E-state index < -0.39 is 0 Å². The molecule has 94 valence electrons. The van der Waals surface area contributed by atoms with E-state index in [9.17, 15) is 0 Å². The van der Waals surface area contributed by atoms with Crippen LogP contribution >= 0.6 is 11.6 Å². The van der Waals surface area contributed by atoms with Crippen molar-refractivity contribution in [3.8, 4) is 0 Å². The van der Waals surface area contributed by atoms with E-state index in [1.54, 1.807) is 6.20 Å². The van der Waals surface area contributed by atoms with Gasteiger partial charge in [-0.3, -0.25) is 0 Å². The highest BCUT2D eigenvalue weighted by atomic mass is 35.5. The first-order valence-corrected chi connectivity index (χ1v) is 6.01. The molecular weight excluding hydrogens is 234 g/mol. The van der Waals surface area contributed by atoms with Crippen LogP contribution in [0.25, 0.3) is 0 Å². The van der Waals surface area contributed by atoms with Gasteiger partial charge < -0.3 is 10.6 Å². The van der Waals surface area contributed by atoms with E-state index in [2.05, 4.69) is 37.2 Å². The monoisotopic (exact) mass is 253 g/mol. The van der Waals surface area contributed by atoms with Gasteiger partial charge in [0.15, 0.2) is 0 Å². The van der Waals surface area contributed by atoms with Crippen molar-refractivity contribution >= 4 is 17.4 Å². The average Bonchev–Trinajstić information content (AvgIpc) is 2.25. The van der Waals surface area contributed by atoms with Gasteiger partial charge in [-0.25, -0.2) is 4.98 Å². The minimum atomic E-state index is -0.0605. The fourth-order valence-corrected chi connectivity index (χ4v) is 1.88. The molecule has 1 rings (SSSR count). The molecule has 0 aliphatic rings. The Morgan fingerprint density at radius 2 is 2.18 bits per heavy atom. The first kappa shape index (κ1) is 14.0. The van der Waals surface area contributed by atoms with Crippen molar-refractivity contribution in [1.82, 2.24) is 4.98 Å². The molecule has 2 N–H and O–H groups in total. The molecule has 0 aromatic carbocycles. The van der Waals surface area contributed by atoms with Crippen LogP contribution in [0.15, 0.2) is 24.9 Å². The predicted octanol–water partition coefficient (Wildman–Crippen LogP) is 2.98. The molecule has 0 aliphatic carbocycles. The number of nitrogens with two attached hydrogens (primary N) is 1. The molecule has 1 aromatic rings. The lowest BCUT2D eigenvalue weighted by atomic mass is 10.1. The highest BCUT2D eigenvalue weighted by Gasteiger charge is 2.23. The van der Waals surface area contributed by atoms with E-state index in [-0.39, 0.29) is 5.54 Å². The molecular formula is C13H20ClN3. The van der Waals surface area contributed by atoms with Gasteiger partial charge in [0.1, 0.15) is 5.82 Å². The molecule has 1 heterocycles. The zero-order valence-corrected chi connectivity index (χ0v) is 11.5. The van der Waals surface area contributed by atoms with E-state index in [0.717, 1.165) is 11.4 Å². The fourth-order valence-electron chi connectivity index (χ4n) is 1.59. The Hall–Kier alpha value is -1.06. The third-order valence-corrected chi connectivity index (χ3v) is 2.77. The van der Waals surface area contributed by atoms with Crippen LogP contribution in [-0.2, 0) is 6.54 Å². The Morgan fingerprint density at radius 1 is 1.53 bits per heavy atom. The van der Waals surface area contributed by atoms with E-state index in [0.29, 0.717) is 18.1 Å². The van der Waals surface area contributed by atoms with E-state index in [1.165, 1.54) is 0 Å². The standard InChI is InChI=1S/C13H20ClN3/c1-5-6-17(13(2,3)4)12-11(14)7-10(8-15)9-16-12/h5,7,9H,1,6,8,15H2,2-4H3. The first-order chi connectivity index (χ1) is 7.90. The number of anilines is 1. The summed E-state index contributed by atoms with van der Waals surface area (Å²) in [6.07, 6.45) is 3.61. The van der Waals surface area contributed by atoms with E-state index in [4.69, 9.17) is 17.3 Å². The summed E-state index contributed by atoms with van der Waals surface area (Å²) in [4.78, 5) is 6.51. The molecule has 0 spiro atoms. The van der Waals surface area contributed by atoms with Crippen molar-refractivity contribution in [3.63, 3.8) is 0 Å². The van der Waals surface area contributed by atoms with Gasteiger partial charge in [-0.05, 0) is 32.4 Å². The maximum Gasteiger partial charge on any atom is 0.148 e. The molecule has 3 nitrogen and oxygen atoms in total. The lowest BCUT2D eigenvalue weighted by molar-refractivity contribution is 0.517. The molecule has 0 fully saturated rings. The van der Waals surface area contributed by atoms with Crippen molar-refractivity contribution in [2.24, 2.45) is 5.73 Å². The third kappa shape index (κ3) is 3.45. The van der Waals surface area contributed by atoms with Crippen LogP contribution in [0.3, 0.4) is 0 Å². The number of nitrogens with zero attached hydrogens (tertiary/aromatic N) is 2. The predicted molar refractivity (Wildman–Crippen MR) is 74.4 cm³/mol. The van der Waals surface area contributed by atoms with E-state index >= 15 is 0 Å². The van der Waals surface area contributed by atoms with Gasteiger partial charge >= 0.3 is 0 Å². The number of hydrogen-bond donors (Lipinski definition) is 1. The van der Waals surface area contributed by atoms with Crippen molar-refractivity contribution in [3.05, 3.63) is 35.5 Å². The average molecular weight is 254 g/mol. The van der Waals surface area contributed by atoms with Gasteiger partial charge in [0.2, 0.25) is 0 Å². The van der Waals surface area contributed by atoms with Gasteiger partial charge in [0, 0.05) is 24.8 Å². The lowest BCUT2D eigenvalue weighted by Gasteiger charge is -2.36.